The van der Waals surface area contributed by atoms with Crippen LogP contribution in [0, 0.1) is 0 Å². The smallest absolute Gasteiger partial charge is 0.242 e. The van der Waals surface area contributed by atoms with Gasteiger partial charge in [-0.15, -0.1) is 11.3 Å². The molecule has 0 aromatic carbocycles. The first-order chi connectivity index (χ1) is 10.2. The minimum atomic E-state index is -0.317. The van der Waals surface area contributed by atoms with Crippen LogP contribution < -0.4 is 5.32 Å². The molecule has 1 unspecified atom stereocenters. The number of carbonyl (C=O) groups is 1. The third-order valence-electron chi connectivity index (χ3n) is 4.68. The maximum absolute atomic E-state index is 12.7. The van der Waals surface area contributed by atoms with E-state index in [1.165, 1.54) is 4.88 Å². The molecule has 5 heteroatoms. The Balaban J connectivity index is 1.56. The number of carbonyl (C=O) groups excluding carboxylic acids is 1. The molecular weight excluding hydrogens is 282 g/mol. The van der Waals surface area contributed by atoms with Crippen LogP contribution in [0.4, 0.5) is 0 Å². The molecule has 2 fully saturated rings. The second kappa shape index (κ2) is 6.46. The highest BCUT2D eigenvalue weighted by atomic mass is 32.1. The molecule has 1 aromatic heterocycles. The van der Waals surface area contributed by atoms with Crippen molar-refractivity contribution in [3.05, 3.63) is 22.4 Å². The summed E-state index contributed by atoms with van der Waals surface area (Å²) in [7, 11) is 0. The van der Waals surface area contributed by atoms with E-state index < -0.39 is 0 Å². The van der Waals surface area contributed by atoms with Gasteiger partial charge in [-0.1, -0.05) is 6.07 Å². The van der Waals surface area contributed by atoms with Crippen molar-refractivity contribution in [2.75, 3.05) is 32.7 Å². The lowest BCUT2D eigenvalue weighted by atomic mass is 9.98. The topological polar surface area (TPSA) is 35.6 Å². The van der Waals surface area contributed by atoms with Crippen LogP contribution in [0.3, 0.4) is 0 Å². The van der Waals surface area contributed by atoms with Gasteiger partial charge in [0.2, 0.25) is 5.91 Å². The Labute approximate surface area is 131 Å². The van der Waals surface area contributed by atoms with E-state index in [0.717, 1.165) is 58.5 Å². The van der Waals surface area contributed by atoms with Gasteiger partial charge in [-0.3, -0.25) is 9.69 Å². The largest absolute Gasteiger partial charge is 0.340 e. The van der Waals surface area contributed by atoms with Crippen molar-refractivity contribution in [3.8, 4) is 0 Å². The summed E-state index contributed by atoms with van der Waals surface area (Å²) in [4.78, 5) is 18.7. The lowest BCUT2D eigenvalue weighted by Crippen LogP contribution is -2.53. The Bertz CT molecular complexity index is 468. The fourth-order valence-corrected chi connectivity index (χ4v) is 4.13. The van der Waals surface area contributed by atoms with Crippen molar-refractivity contribution in [1.29, 1.82) is 0 Å². The van der Waals surface area contributed by atoms with Gasteiger partial charge in [0.15, 0.2) is 0 Å². The normalized spacial score (nSPS) is 27.8. The number of nitrogens with zero attached hydrogens (tertiary/aromatic N) is 2. The van der Waals surface area contributed by atoms with Crippen molar-refractivity contribution < 1.29 is 4.79 Å². The summed E-state index contributed by atoms with van der Waals surface area (Å²) in [6.45, 7) is 7.90. The molecular formula is C16H25N3OS. The SMILES string of the molecule is CC1(C(=O)N2CCCN(Cc3cccs3)CC2)CCCN1. The van der Waals surface area contributed by atoms with Gasteiger partial charge in [-0.2, -0.15) is 0 Å². The van der Waals surface area contributed by atoms with E-state index in [1.807, 2.05) is 11.3 Å². The van der Waals surface area contributed by atoms with E-state index >= 15 is 0 Å². The lowest BCUT2D eigenvalue weighted by Gasteiger charge is -2.31. The first-order valence-electron chi connectivity index (χ1n) is 7.96. The Hall–Kier alpha value is -0.910. The van der Waals surface area contributed by atoms with Gasteiger partial charge in [0.1, 0.15) is 0 Å². The predicted molar refractivity (Wildman–Crippen MR) is 86.4 cm³/mol. The van der Waals surface area contributed by atoms with Crippen molar-refractivity contribution in [2.24, 2.45) is 0 Å². The van der Waals surface area contributed by atoms with Crippen LogP contribution in [-0.2, 0) is 11.3 Å². The van der Waals surface area contributed by atoms with Crippen LogP contribution >= 0.6 is 11.3 Å². The summed E-state index contributed by atoms with van der Waals surface area (Å²) >= 11 is 1.82. The van der Waals surface area contributed by atoms with E-state index in [-0.39, 0.29) is 5.54 Å². The minimum Gasteiger partial charge on any atom is -0.340 e. The van der Waals surface area contributed by atoms with E-state index in [4.69, 9.17) is 0 Å². The van der Waals surface area contributed by atoms with Crippen LogP contribution in [0.1, 0.15) is 31.1 Å². The molecule has 0 spiro atoms. The van der Waals surface area contributed by atoms with Crippen molar-refractivity contribution in [1.82, 2.24) is 15.1 Å². The van der Waals surface area contributed by atoms with Gasteiger partial charge >= 0.3 is 0 Å². The van der Waals surface area contributed by atoms with E-state index in [9.17, 15) is 4.79 Å². The molecule has 0 saturated carbocycles. The monoisotopic (exact) mass is 307 g/mol. The van der Waals surface area contributed by atoms with Gasteiger partial charge in [0, 0.05) is 37.6 Å². The van der Waals surface area contributed by atoms with Crippen molar-refractivity contribution >= 4 is 17.2 Å². The third kappa shape index (κ3) is 3.47. The molecule has 116 valence electrons. The highest BCUT2D eigenvalue weighted by molar-refractivity contribution is 7.09. The fourth-order valence-electron chi connectivity index (χ4n) is 3.38. The van der Waals surface area contributed by atoms with Gasteiger partial charge in [-0.25, -0.2) is 0 Å². The molecule has 2 aliphatic heterocycles. The molecule has 21 heavy (non-hydrogen) atoms. The Kier molecular flexibility index (Phi) is 4.62. The Morgan fingerprint density at radius 3 is 2.95 bits per heavy atom. The molecule has 4 nitrogen and oxygen atoms in total. The highest BCUT2D eigenvalue weighted by Gasteiger charge is 2.39. The van der Waals surface area contributed by atoms with Crippen LogP contribution in [0.15, 0.2) is 17.5 Å². The molecule has 1 aromatic rings. The molecule has 1 amide bonds. The van der Waals surface area contributed by atoms with Gasteiger partial charge < -0.3 is 10.2 Å². The summed E-state index contributed by atoms with van der Waals surface area (Å²) in [5.74, 6) is 0.304. The first kappa shape index (κ1) is 15.0. The number of hydrogen-bond donors (Lipinski definition) is 1. The second-order valence-electron chi connectivity index (χ2n) is 6.36. The van der Waals surface area contributed by atoms with Gasteiger partial charge in [-0.05, 0) is 44.2 Å². The minimum absolute atomic E-state index is 0.304. The van der Waals surface area contributed by atoms with Crippen LogP contribution in [0.5, 0.6) is 0 Å². The quantitative estimate of drug-likeness (QED) is 0.927. The van der Waals surface area contributed by atoms with Crippen molar-refractivity contribution in [3.63, 3.8) is 0 Å². The maximum atomic E-state index is 12.7. The molecule has 0 bridgehead atoms. The molecule has 0 aliphatic carbocycles. The summed E-state index contributed by atoms with van der Waals surface area (Å²) in [5, 5.41) is 5.53. The fraction of sp³-hybridized carbons (Fsp3) is 0.688. The number of rotatable bonds is 3. The van der Waals surface area contributed by atoms with Crippen LogP contribution in [0.2, 0.25) is 0 Å². The van der Waals surface area contributed by atoms with Crippen LogP contribution in [0.25, 0.3) is 0 Å². The van der Waals surface area contributed by atoms with Crippen LogP contribution in [-0.4, -0.2) is 54.0 Å². The predicted octanol–water partition coefficient (Wildman–Crippen LogP) is 1.92. The van der Waals surface area contributed by atoms with Gasteiger partial charge in [0.05, 0.1) is 5.54 Å². The standard InChI is InChI=1S/C16H25N3OS/c1-16(6-3-7-17-16)15(20)19-9-4-8-18(10-11-19)13-14-5-2-12-21-14/h2,5,12,17H,3-4,6-11,13H2,1H3. The second-order valence-corrected chi connectivity index (χ2v) is 7.40. The number of nitrogens with one attached hydrogen (secondary N) is 1. The van der Waals surface area contributed by atoms with E-state index in [2.05, 4.69) is 39.6 Å². The highest BCUT2D eigenvalue weighted by Crippen LogP contribution is 2.22. The average molecular weight is 307 g/mol. The number of hydrogen-bond acceptors (Lipinski definition) is 4. The lowest BCUT2D eigenvalue weighted by molar-refractivity contribution is -0.137. The molecule has 2 aliphatic rings. The molecule has 2 saturated heterocycles. The number of amides is 1. The number of thiophene rings is 1. The van der Waals surface area contributed by atoms with E-state index in [1.54, 1.807) is 0 Å². The summed E-state index contributed by atoms with van der Waals surface area (Å²) < 4.78 is 0. The zero-order valence-electron chi connectivity index (χ0n) is 12.8. The summed E-state index contributed by atoms with van der Waals surface area (Å²) in [6.07, 6.45) is 3.16. The van der Waals surface area contributed by atoms with Gasteiger partial charge in [0.25, 0.3) is 0 Å². The Morgan fingerprint density at radius 2 is 2.24 bits per heavy atom. The Morgan fingerprint density at radius 1 is 1.33 bits per heavy atom. The van der Waals surface area contributed by atoms with Crippen molar-refractivity contribution in [2.45, 2.75) is 38.3 Å². The zero-order chi connectivity index (χ0) is 14.7. The molecule has 1 N–H and O–H groups in total. The molecule has 3 rings (SSSR count). The van der Waals surface area contributed by atoms with E-state index in [0.29, 0.717) is 5.91 Å². The molecule has 3 heterocycles. The average Bonchev–Trinajstić information content (AvgIpc) is 3.08. The zero-order valence-corrected chi connectivity index (χ0v) is 13.6. The first-order valence-corrected chi connectivity index (χ1v) is 8.84. The maximum Gasteiger partial charge on any atom is 0.242 e. The molecule has 1 atom stereocenters. The molecule has 0 radical (unpaired) electrons. The summed E-state index contributed by atoms with van der Waals surface area (Å²) in [5.41, 5.74) is -0.317. The summed E-state index contributed by atoms with van der Waals surface area (Å²) in [6, 6.07) is 4.31. The third-order valence-corrected chi connectivity index (χ3v) is 5.54.